The van der Waals surface area contributed by atoms with Crippen LogP contribution in [0.4, 0.5) is 30.1 Å². The van der Waals surface area contributed by atoms with Gasteiger partial charge in [-0.05, 0) is 48.5 Å². The third kappa shape index (κ3) is 9.30. The molecule has 0 bridgehead atoms. The number of benzene rings is 4. The smallest absolute Gasteiger partial charge is 0.325 e. The number of urea groups is 1. The zero-order chi connectivity index (χ0) is 38.2. The van der Waals surface area contributed by atoms with Crippen LogP contribution in [-0.2, 0) is 0 Å². The summed E-state index contributed by atoms with van der Waals surface area (Å²) in [5.41, 5.74) is 6.86. The van der Waals surface area contributed by atoms with Crippen molar-refractivity contribution in [3.63, 3.8) is 0 Å². The largest absolute Gasteiger partial charge is 0.493 e. The zero-order valence-electron chi connectivity index (χ0n) is 29.6. The van der Waals surface area contributed by atoms with E-state index in [0.717, 1.165) is 5.39 Å². The third-order valence-corrected chi connectivity index (χ3v) is 8.37. The first-order valence-corrected chi connectivity index (χ1v) is 16.8. The van der Waals surface area contributed by atoms with Gasteiger partial charge >= 0.3 is 6.03 Å². The van der Waals surface area contributed by atoms with Crippen LogP contribution in [0.5, 0.6) is 46.0 Å². The molecule has 55 heavy (non-hydrogen) atoms. The molecular weight excluding hydrogens is 758 g/mol. The zero-order valence-corrected chi connectivity index (χ0v) is 31.2. The average molecular weight is 791 g/mol. The van der Waals surface area contributed by atoms with Crippen molar-refractivity contribution in [2.45, 2.75) is 0 Å². The van der Waals surface area contributed by atoms with E-state index in [2.05, 4.69) is 25.6 Å². The summed E-state index contributed by atoms with van der Waals surface area (Å²) in [5, 5.41) is 8.49. The number of carbonyl (C=O) groups excluding carboxylic acids is 1. The topological polar surface area (TPSA) is 161 Å². The van der Waals surface area contributed by atoms with E-state index < -0.39 is 17.7 Å². The number of nitrogens with two attached hydrogens (primary N) is 1. The number of ether oxygens (including phenoxy) is 6. The maximum atomic E-state index is 14.5. The molecule has 0 spiro atoms. The number of nitrogen functional groups attached to an aromatic ring is 1. The minimum absolute atomic E-state index is 0. The van der Waals surface area contributed by atoms with E-state index in [1.807, 2.05) is 0 Å². The Balaban J connectivity index is 0.000000216. The van der Waals surface area contributed by atoms with Crippen LogP contribution in [0, 0.1) is 11.6 Å². The second-order valence-corrected chi connectivity index (χ2v) is 11.9. The van der Waals surface area contributed by atoms with Crippen LogP contribution in [-0.4, -0.2) is 49.4 Å². The van der Waals surface area contributed by atoms with Gasteiger partial charge in [0.2, 0.25) is 0 Å². The lowest BCUT2D eigenvalue weighted by Gasteiger charge is -2.13. The fourth-order valence-corrected chi connectivity index (χ4v) is 5.62. The quantitative estimate of drug-likeness (QED) is 0.113. The highest BCUT2D eigenvalue weighted by molar-refractivity contribution is 7.13. The second kappa shape index (κ2) is 17.9. The molecule has 0 aliphatic rings. The summed E-state index contributed by atoms with van der Waals surface area (Å²) in [6.45, 7) is 0. The Bertz CT molecular complexity index is 2440. The number of nitrogens with zero attached hydrogens (tertiary/aromatic N) is 3. The highest BCUT2D eigenvalue weighted by atomic mass is 35.5. The van der Waals surface area contributed by atoms with Gasteiger partial charge in [0.15, 0.2) is 28.1 Å². The third-order valence-electron chi connectivity index (χ3n) is 7.68. The predicted molar refractivity (Wildman–Crippen MR) is 209 cm³/mol. The van der Waals surface area contributed by atoms with E-state index in [-0.39, 0.29) is 29.5 Å². The van der Waals surface area contributed by atoms with Crippen molar-refractivity contribution in [3.8, 4) is 46.0 Å². The second-order valence-electron chi connectivity index (χ2n) is 11.0. The van der Waals surface area contributed by atoms with Crippen LogP contribution in [0.3, 0.4) is 0 Å². The average Bonchev–Trinajstić information content (AvgIpc) is 3.69. The summed E-state index contributed by atoms with van der Waals surface area (Å²) in [7, 11) is 6.18. The summed E-state index contributed by atoms with van der Waals surface area (Å²) in [6.07, 6.45) is 4.75. The number of pyridine rings is 2. The number of hydrogen-bond acceptors (Lipinski definition) is 12. The molecule has 3 aromatic heterocycles. The summed E-state index contributed by atoms with van der Waals surface area (Å²) in [5.74, 6) is 2.60. The Morgan fingerprint density at radius 3 is 1.60 bits per heavy atom. The van der Waals surface area contributed by atoms with Crippen LogP contribution in [0.25, 0.3) is 21.8 Å². The maximum absolute atomic E-state index is 14.5. The Hall–Kier alpha value is -6.65. The van der Waals surface area contributed by atoms with Crippen molar-refractivity contribution < 1.29 is 42.0 Å². The normalized spacial score (nSPS) is 10.4. The lowest BCUT2D eigenvalue weighted by atomic mass is 10.2. The van der Waals surface area contributed by atoms with Gasteiger partial charge in [-0.15, -0.1) is 23.7 Å². The molecule has 0 radical (unpaired) electrons. The maximum Gasteiger partial charge on any atom is 0.325 e. The number of nitrogens with one attached hydrogen (secondary N) is 2. The summed E-state index contributed by atoms with van der Waals surface area (Å²) in [6, 6.07) is 18.2. The Labute approximate surface area is 323 Å². The van der Waals surface area contributed by atoms with Gasteiger partial charge in [0.05, 0.1) is 50.8 Å². The van der Waals surface area contributed by atoms with Gasteiger partial charge in [0.25, 0.3) is 0 Å². The molecule has 4 N–H and O–H groups in total. The van der Waals surface area contributed by atoms with Crippen molar-refractivity contribution in [1.82, 2.24) is 15.0 Å². The predicted octanol–water partition coefficient (Wildman–Crippen LogP) is 9.47. The van der Waals surface area contributed by atoms with Gasteiger partial charge in [-0.2, -0.15) is 0 Å². The van der Waals surface area contributed by atoms with Crippen molar-refractivity contribution in [2.24, 2.45) is 0 Å². The minimum Gasteiger partial charge on any atom is -0.493 e. The molecule has 0 saturated heterocycles. The van der Waals surface area contributed by atoms with E-state index in [1.54, 1.807) is 93.8 Å². The lowest BCUT2D eigenvalue weighted by molar-refractivity contribution is 0.262. The first-order valence-electron chi connectivity index (χ1n) is 15.9. The number of hydrogen-bond donors (Lipinski definition) is 3. The van der Waals surface area contributed by atoms with E-state index in [0.29, 0.717) is 61.8 Å². The van der Waals surface area contributed by atoms with E-state index in [1.165, 1.54) is 42.7 Å². The molecule has 7 aromatic rings. The van der Waals surface area contributed by atoms with Crippen molar-refractivity contribution in [3.05, 3.63) is 108 Å². The Morgan fingerprint density at radius 1 is 0.618 bits per heavy atom. The van der Waals surface area contributed by atoms with Gasteiger partial charge in [-0.3, -0.25) is 15.3 Å². The van der Waals surface area contributed by atoms with Crippen LogP contribution >= 0.6 is 23.7 Å². The standard InChI is InChI=1S/C21H17FN4O4S.C17H15FN2O3.ClH/c1-28-18-10-13-16(11-19(18)29-2)23-6-5-17(13)30-12-3-4-15(14(22)9-12)25-20(27)26-21-24-7-8-31-21;1-21-16-8-11-14(9-17(16)22-2)20-6-5-15(11)23-10-3-4-13(19)12(18)7-10;/h3-11H,1-2H3,(H2,24,25,26,27);3-9H,19H2,1-2H3;1H. The number of aromatic nitrogens is 3. The Morgan fingerprint density at radius 2 is 1.13 bits per heavy atom. The van der Waals surface area contributed by atoms with Gasteiger partial charge in [-0.25, -0.2) is 18.6 Å². The van der Waals surface area contributed by atoms with Crippen molar-refractivity contribution >= 4 is 68.1 Å². The Kier molecular flexibility index (Phi) is 12.9. The van der Waals surface area contributed by atoms with Crippen LogP contribution in [0.1, 0.15) is 0 Å². The minimum atomic E-state index is -0.649. The van der Waals surface area contributed by atoms with Gasteiger partial charge in [-0.1, -0.05) is 0 Å². The summed E-state index contributed by atoms with van der Waals surface area (Å²) < 4.78 is 60.9. The monoisotopic (exact) mass is 790 g/mol. The summed E-state index contributed by atoms with van der Waals surface area (Å²) >= 11 is 1.26. The molecule has 13 nitrogen and oxygen atoms in total. The molecule has 0 saturated carbocycles. The van der Waals surface area contributed by atoms with Crippen molar-refractivity contribution in [1.29, 1.82) is 0 Å². The highest BCUT2D eigenvalue weighted by Gasteiger charge is 2.15. The first kappa shape index (κ1) is 39.6. The van der Waals surface area contributed by atoms with Gasteiger partial charge in [0.1, 0.15) is 34.6 Å². The molecule has 3 heterocycles. The van der Waals surface area contributed by atoms with Crippen LogP contribution in [0.2, 0.25) is 0 Å². The number of anilines is 3. The number of carbonyl (C=O) groups is 1. The molecule has 4 aromatic carbocycles. The molecule has 0 fully saturated rings. The number of methoxy groups -OCH3 is 4. The fraction of sp³-hybridized carbons (Fsp3) is 0.105. The molecule has 0 aliphatic heterocycles. The highest BCUT2D eigenvalue weighted by Crippen LogP contribution is 2.39. The molecule has 0 aliphatic carbocycles. The number of fused-ring (bicyclic) bond motifs is 2. The molecule has 2 amide bonds. The number of rotatable bonds is 10. The lowest BCUT2D eigenvalue weighted by Crippen LogP contribution is -2.19. The van der Waals surface area contributed by atoms with E-state index in [4.69, 9.17) is 34.2 Å². The molecule has 284 valence electrons. The SMILES string of the molecule is COc1cc2nccc(Oc3ccc(N)c(F)c3)c2cc1OC.COc1cc2nccc(Oc3ccc(NC(=O)Nc4nccs4)c(F)c3)c2cc1OC.Cl. The molecule has 0 atom stereocenters. The first-order chi connectivity index (χ1) is 26.2. The number of thiazole rings is 1. The van der Waals surface area contributed by atoms with Crippen LogP contribution < -0.4 is 44.8 Å². The molecule has 0 unspecified atom stereocenters. The number of amides is 2. The van der Waals surface area contributed by atoms with Gasteiger partial charge in [0, 0.05) is 59.0 Å². The molecule has 7 rings (SSSR count). The van der Waals surface area contributed by atoms with E-state index >= 15 is 0 Å². The van der Waals surface area contributed by atoms with Crippen molar-refractivity contribution in [2.75, 3.05) is 44.8 Å². The van der Waals surface area contributed by atoms with Gasteiger partial charge < -0.3 is 39.5 Å². The van der Waals surface area contributed by atoms with E-state index in [9.17, 15) is 13.6 Å². The number of halogens is 3. The fourth-order valence-electron chi connectivity index (χ4n) is 5.09. The molecule has 17 heteroatoms. The molecular formula is C38H33ClF2N6O7S. The summed E-state index contributed by atoms with van der Waals surface area (Å²) in [4.78, 5) is 24.5. The van der Waals surface area contributed by atoms with Crippen LogP contribution in [0.15, 0.2) is 96.8 Å².